The number of carboxylic acids is 1. The Morgan fingerprint density at radius 1 is 1.27 bits per heavy atom. The fourth-order valence-electron chi connectivity index (χ4n) is 1.16. The minimum atomic E-state index is -1.05. The van der Waals surface area contributed by atoms with Gasteiger partial charge in [-0.25, -0.2) is 0 Å². The van der Waals surface area contributed by atoms with Crippen molar-refractivity contribution < 1.29 is 19.5 Å². The molecule has 1 aliphatic rings. The standard InChI is InChI=1S/C7H8O4/c8-5-1-4(7(10)11)2-6(9)3-5/h4H,1-3H2,(H,10,11). The maximum absolute atomic E-state index is 10.7. The van der Waals surface area contributed by atoms with E-state index in [9.17, 15) is 14.4 Å². The van der Waals surface area contributed by atoms with Crippen LogP contribution >= 0.6 is 0 Å². The lowest BCUT2D eigenvalue weighted by molar-refractivity contribution is -0.148. The van der Waals surface area contributed by atoms with Gasteiger partial charge in [0.15, 0.2) is 0 Å². The van der Waals surface area contributed by atoms with Crippen LogP contribution in [0.2, 0.25) is 0 Å². The predicted octanol–water partition coefficient (Wildman–Crippen LogP) is 0.00930. The van der Waals surface area contributed by atoms with Gasteiger partial charge in [-0.3, -0.25) is 14.4 Å². The van der Waals surface area contributed by atoms with Gasteiger partial charge in [-0.1, -0.05) is 0 Å². The van der Waals surface area contributed by atoms with Gasteiger partial charge in [0.1, 0.15) is 11.6 Å². The molecule has 0 aromatic heterocycles. The van der Waals surface area contributed by atoms with E-state index in [1.54, 1.807) is 0 Å². The number of ketones is 2. The highest BCUT2D eigenvalue weighted by Crippen LogP contribution is 2.18. The van der Waals surface area contributed by atoms with Crippen LogP contribution in [-0.4, -0.2) is 22.6 Å². The third-order valence-corrected chi connectivity index (χ3v) is 1.69. The monoisotopic (exact) mass is 156 g/mol. The minimum Gasteiger partial charge on any atom is -0.481 e. The van der Waals surface area contributed by atoms with Gasteiger partial charge in [0.05, 0.1) is 12.3 Å². The molecule has 0 radical (unpaired) electrons. The second kappa shape index (κ2) is 2.82. The van der Waals surface area contributed by atoms with E-state index in [1.807, 2.05) is 0 Å². The zero-order valence-corrected chi connectivity index (χ0v) is 5.87. The fraction of sp³-hybridized carbons (Fsp3) is 0.571. The summed E-state index contributed by atoms with van der Waals surface area (Å²) >= 11 is 0. The van der Waals surface area contributed by atoms with Crippen LogP contribution in [0.5, 0.6) is 0 Å². The summed E-state index contributed by atoms with van der Waals surface area (Å²) in [7, 11) is 0. The Morgan fingerprint density at radius 3 is 2.09 bits per heavy atom. The maximum Gasteiger partial charge on any atom is 0.307 e. The zero-order chi connectivity index (χ0) is 8.43. The molecule has 0 unspecified atom stereocenters. The molecule has 4 heteroatoms. The molecule has 1 rings (SSSR count). The second-order valence-corrected chi connectivity index (χ2v) is 2.70. The van der Waals surface area contributed by atoms with E-state index in [1.165, 1.54) is 0 Å². The van der Waals surface area contributed by atoms with Gasteiger partial charge in [0, 0.05) is 12.8 Å². The SMILES string of the molecule is O=C1CC(=O)CC(C(=O)O)C1. The van der Waals surface area contributed by atoms with Gasteiger partial charge in [-0.15, -0.1) is 0 Å². The molecular weight excluding hydrogens is 148 g/mol. The third-order valence-electron chi connectivity index (χ3n) is 1.69. The first-order valence-electron chi connectivity index (χ1n) is 3.36. The normalized spacial score (nSPS) is 20.4. The lowest BCUT2D eigenvalue weighted by Gasteiger charge is -2.14. The lowest BCUT2D eigenvalue weighted by atomic mass is 9.88. The van der Waals surface area contributed by atoms with Crippen LogP contribution in [0.4, 0.5) is 0 Å². The number of aliphatic carboxylic acids is 1. The Hall–Kier alpha value is -1.19. The van der Waals surface area contributed by atoms with Crippen molar-refractivity contribution in [3.8, 4) is 0 Å². The maximum atomic E-state index is 10.7. The molecule has 1 fully saturated rings. The third kappa shape index (κ3) is 1.86. The molecule has 0 amide bonds. The van der Waals surface area contributed by atoms with Crippen LogP contribution in [0.3, 0.4) is 0 Å². The van der Waals surface area contributed by atoms with Crippen molar-refractivity contribution in [1.29, 1.82) is 0 Å². The molecule has 0 heterocycles. The Balaban J connectivity index is 2.63. The summed E-state index contributed by atoms with van der Waals surface area (Å²) in [5.74, 6) is -2.34. The van der Waals surface area contributed by atoms with Gasteiger partial charge in [0.2, 0.25) is 0 Å². The highest BCUT2D eigenvalue weighted by molar-refractivity contribution is 6.04. The first kappa shape index (κ1) is 7.91. The van der Waals surface area contributed by atoms with E-state index in [0.29, 0.717) is 0 Å². The average Bonchev–Trinajstić information content (AvgIpc) is 1.85. The Morgan fingerprint density at radius 2 is 1.73 bits per heavy atom. The van der Waals surface area contributed by atoms with Gasteiger partial charge in [0.25, 0.3) is 0 Å². The number of Topliss-reactive ketones (excluding diaryl/α,β-unsaturated/α-hetero) is 2. The van der Waals surface area contributed by atoms with E-state index in [2.05, 4.69) is 0 Å². The molecule has 1 saturated carbocycles. The largest absolute Gasteiger partial charge is 0.481 e. The Bertz CT molecular complexity index is 202. The first-order valence-corrected chi connectivity index (χ1v) is 3.36. The molecule has 0 atom stereocenters. The van der Waals surface area contributed by atoms with Crippen molar-refractivity contribution in [2.75, 3.05) is 0 Å². The number of rotatable bonds is 1. The smallest absolute Gasteiger partial charge is 0.307 e. The van der Waals surface area contributed by atoms with E-state index in [-0.39, 0.29) is 30.8 Å². The number of carbonyl (C=O) groups is 3. The van der Waals surface area contributed by atoms with Crippen LogP contribution in [-0.2, 0) is 14.4 Å². The molecule has 1 aliphatic carbocycles. The van der Waals surface area contributed by atoms with Crippen molar-refractivity contribution in [3.63, 3.8) is 0 Å². The van der Waals surface area contributed by atoms with E-state index in [0.717, 1.165) is 0 Å². The predicted molar refractivity (Wildman–Crippen MR) is 35.0 cm³/mol. The highest BCUT2D eigenvalue weighted by Gasteiger charge is 2.29. The summed E-state index contributed by atoms with van der Waals surface area (Å²) in [5.41, 5.74) is 0. The second-order valence-electron chi connectivity index (χ2n) is 2.70. The quantitative estimate of drug-likeness (QED) is 0.543. The number of carbonyl (C=O) groups excluding carboxylic acids is 2. The van der Waals surface area contributed by atoms with Crippen molar-refractivity contribution in [2.45, 2.75) is 19.3 Å². The molecule has 0 spiro atoms. The lowest BCUT2D eigenvalue weighted by Crippen LogP contribution is -2.27. The summed E-state index contributed by atoms with van der Waals surface area (Å²) in [6, 6.07) is 0. The topological polar surface area (TPSA) is 71.4 Å². The molecule has 4 nitrogen and oxygen atoms in total. The average molecular weight is 156 g/mol. The fourth-order valence-corrected chi connectivity index (χ4v) is 1.16. The Kier molecular flexibility index (Phi) is 2.03. The number of hydrogen-bond donors (Lipinski definition) is 1. The molecule has 0 aromatic carbocycles. The minimum absolute atomic E-state index is 0.0150. The molecule has 0 aliphatic heterocycles. The van der Waals surface area contributed by atoms with Gasteiger partial charge in [-0.2, -0.15) is 0 Å². The molecule has 0 saturated heterocycles. The van der Waals surface area contributed by atoms with E-state index < -0.39 is 11.9 Å². The van der Waals surface area contributed by atoms with Crippen LogP contribution in [0.25, 0.3) is 0 Å². The van der Waals surface area contributed by atoms with Crippen molar-refractivity contribution in [3.05, 3.63) is 0 Å². The molecule has 0 bridgehead atoms. The van der Waals surface area contributed by atoms with E-state index >= 15 is 0 Å². The van der Waals surface area contributed by atoms with Crippen LogP contribution in [0.1, 0.15) is 19.3 Å². The van der Waals surface area contributed by atoms with Crippen LogP contribution < -0.4 is 0 Å². The molecule has 60 valence electrons. The van der Waals surface area contributed by atoms with Crippen LogP contribution in [0.15, 0.2) is 0 Å². The van der Waals surface area contributed by atoms with Crippen molar-refractivity contribution in [2.24, 2.45) is 5.92 Å². The molecular formula is C7H8O4. The van der Waals surface area contributed by atoms with Crippen molar-refractivity contribution in [1.82, 2.24) is 0 Å². The summed E-state index contributed by atoms with van der Waals surface area (Å²) in [5, 5.41) is 8.47. The Labute approximate surface area is 63.2 Å². The summed E-state index contributed by atoms with van der Waals surface area (Å²) in [4.78, 5) is 31.7. The van der Waals surface area contributed by atoms with Gasteiger partial charge < -0.3 is 5.11 Å². The highest BCUT2D eigenvalue weighted by atomic mass is 16.4. The summed E-state index contributed by atoms with van der Waals surface area (Å²) < 4.78 is 0. The summed E-state index contributed by atoms with van der Waals surface area (Å²) in [6.07, 6.45) is -0.0497. The molecule has 11 heavy (non-hydrogen) atoms. The van der Waals surface area contributed by atoms with Gasteiger partial charge in [-0.05, 0) is 0 Å². The molecule has 0 aromatic rings. The van der Waals surface area contributed by atoms with E-state index in [4.69, 9.17) is 5.11 Å². The first-order chi connectivity index (χ1) is 5.09. The summed E-state index contributed by atoms with van der Waals surface area (Å²) in [6.45, 7) is 0. The van der Waals surface area contributed by atoms with Gasteiger partial charge >= 0.3 is 5.97 Å². The molecule has 1 N–H and O–H groups in total. The zero-order valence-electron chi connectivity index (χ0n) is 5.87. The van der Waals surface area contributed by atoms with Crippen LogP contribution in [0, 0.1) is 5.92 Å². The van der Waals surface area contributed by atoms with Crippen molar-refractivity contribution >= 4 is 17.5 Å². The number of hydrogen-bond acceptors (Lipinski definition) is 3. The number of carboxylic acid groups (broad SMARTS) is 1.